The van der Waals surface area contributed by atoms with Crippen molar-refractivity contribution in [3.8, 4) is 44.5 Å². The second-order valence-corrected chi connectivity index (χ2v) is 12.0. The van der Waals surface area contributed by atoms with Crippen LogP contribution < -0.4 is 0 Å². The molecule has 0 spiro atoms. The minimum absolute atomic E-state index is 0.0504. The highest BCUT2D eigenvalue weighted by Gasteiger charge is 2.17. The summed E-state index contributed by atoms with van der Waals surface area (Å²) in [5.74, 6) is 0. The fraction of sp³-hybridized carbons (Fsp3) is 0. The first-order valence-electron chi connectivity index (χ1n) is 21.4. The van der Waals surface area contributed by atoms with Crippen LogP contribution >= 0.6 is 0 Å². The van der Waals surface area contributed by atoms with Crippen molar-refractivity contribution in [2.45, 2.75) is 0 Å². The molecule has 0 bridgehead atoms. The first-order chi connectivity index (χ1) is 28.9. The molecule has 0 saturated heterocycles. The molecular weight excluding hydrogens is 593 g/mol. The molecule has 1 aromatic heterocycles. The predicted molar refractivity (Wildman–Crippen MR) is 208 cm³/mol. The highest BCUT2D eigenvalue weighted by Crippen LogP contribution is 2.42. The summed E-state index contributed by atoms with van der Waals surface area (Å²) in [5, 5.41) is 1.15. The molecule has 0 aliphatic carbocycles. The topological polar surface area (TPSA) is 13.1 Å². The van der Waals surface area contributed by atoms with E-state index in [2.05, 4.69) is 36.4 Å². The quantitative estimate of drug-likeness (QED) is 0.176. The van der Waals surface area contributed by atoms with Crippen molar-refractivity contribution in [2.75, 3.05) is 0 Å². The second kappa shape index (κ2) is 11.1. The summed E-state index contributed by atoms with van der Waals surface area (Å²) in [4.78, 5) is 0. The number of furan rings is 1. The minimum atomic E-state index is -0.601. The normalized spacial score (nSPS) is 14.8. The predicted octanol–water partition coefficient (Wildman–Crippen LogP) is 13.7. The Labute approximate surface area is 299 Å². The van der Waals surface area contributed by atoms with Gasteiger partial charge in [-0.05, 0) is 101 Å². The Kier molecular flexibility index (Phi) is 4.25. The lowest BCUT2D eigenvalue weighted by Crippen LogP contribution is -1.86. The molecule has 0 fully saturated rings. The molecule has 228 valence electrons. The van der Waals surface area contributed by atoms with E-state index >= 15 is 0 Å². The van der Waals surface area contributed by atoms with Crippen LogP contribution in [0.4, 0.5) is 0 Å². The standard InChI is InChI=1S/C48H30O/c1-2-11-33(12-3-1)37-19-9-21-45-47(37)48-38(20-10-22-46(48)49-45)36-14-8-13-34(29-36)31-23-25-32(26-24-31)35-27-28-43-41-17-5-4-15-39(41)40-16-6-7-18-42(40)44(43)30-35/h1-30H/i4D,5D,6D,7D,15D,16D,17D,18D,27D,28D,30D. The molecule has 1 heteroatoms. The summed E-state index contributed by atoms with van der Waals surface area (Å²) in [6.07, 6.45) is 0. The van der Waals surface area contributed by atoms with Crippen molar-refractivity contribution in [3.05, 3.63) is 182 Å². The highest BCUT2D eigenvalue weighted by molar-refractivity contribution is 6.25. The molecule has 0 aliphatic rings. The Balaban J connectivity index is 1.15. The van der Waals surface area contributed by atoms with Gasteiger partial charge >= 0.3 is 0 Å². The summed E-state index contributed by atoms with van der Waals surface area (Å²) in [6.45, 7) is 0. The van der Waals surface area contributed by atoms with E-state index in [1.54, 1.807) is 12.1 Å². The zero-order valence-corrected chi connectivity index (χ0v) is 25.9. The average molecular weight is 634 g/mol. The van der Waals surface area contributed by atoms with Crippen molar-refractivity contribution >= 4 is 54.3 Å². The number of hydrogen-bond donors (Lipinski definition) is 0. The van der Waals surface area contributed by atoms with Gasteiger partial charge in [0, 0.05) is 10.8 Å². The van der Waals surface area contributed by atoms with Gasteiger partial charge in [0.25, 0.3) is 0 Å². The van der Waals surface area contributed by atoms with E-state index in [4.69, 9.17) is 15.4 Å². The van der Waals surface area contributed by atoms with E-state index in [0.29, 0.717) is 5.56 Å². The SMILES string of the molecule is [2H]c1c([2H])c([2H])c2c(c1[2H])c1c([2H])c([2H])c([2H])c([2H])c1c1c([2H])c(-c3ccc(-c4cccc(-c5cccc6oc7cccc(-c8ccccc8)c7c56)c4)cc3)c([2H])c([2H])c21. The van der Waals surface area contributed by atoms with Gasteiger partial charge in [0.1, 0.15) is 11.2 Å². The molecule has 1 nitrogen and oxygen atoms in total. The maximum absolute atomic E-state index is 9.55. The highest BCUT2D eigenvalue weighted by atomic mass is 16.3. The van der Waals surface area contributed by atoms with E-state index in [0.717, 1.165) is 55.3 Å². The van der Waals surface area contributed by atoms with Gasteiger partial charge in [-0.1, -0.05) is 157 Å². The van der Waals surface area contributed by atoms with Gasteiger partial charge in [-0.2, -0.15) is 0 Å². The third kappa shape index (κ3) is 4.47. The largest absolute Gasteiger partial charge is 0.456 e. The molecule has 49 heavy (non-hydrogen) atoms. The maximum Gasteiger partial charge on any atom is 0.136 e. The first-order valence-corrected chi connectivity index (χ1v) is 15.9. The Hall–Kier alpha value is -6.44. The van der Waals surface area contributed by atoms with Crippen molar-refractivity contribution < 1.29 is 19.5 Å². The Morgan fingerprint density at radius 2 is 0.837 bits per heavy atom. The van der Waals surface area contributed by atoms with Crippen LogP contribution in [0.2, 0.25) is 0 Å². The van der Waals surface area contributed by atoms with Crippen LogP contribution in [0.3, 0.4) is 0 Å². The third-order valence-electron chi connectivity index (χ3n) is 9.23. The van der Waals surface area contributed by atoms with Crippen LogP contribution in [0, 0.1) is 0 Å². The summed E-state index contributed by atoms with van der Waals surface area (Å²) >= 11 is 0. The van der Waals surface area contributed by atoms with Crippen LogP contribution in [-0.4, -0.2) is 0 Å². The van der Waals surface area contributed by atoms with Crippen LogP contribution in [0.25, 0.3) is 98.8 Å². The van der Waals surface area contributed by atoms with Crippen molar-refractivity contribution in [1.82, 2.24) is 0 Å². The fourth-order valence-electron chi connectivity index (χ4n) is 6.96. The number of rotatable bonds is 4. The van der Waals surface area contributed by atoms with Crippen molar-refractivity contribution in [3.63, 3.8) is 0 Å². The summed E-state index contributed by atoms with van der Waals surface area (Å²) < 4.78 is 104. The summed E-state index contributed by atoms with van der Waals surface area (Å²) in [5.41, 5.74) is 7.95. The van der Waals surface area contributed by atoms with Gasteiger partial charge in [-0.3, -0.25) is 0 Å². The molecule has 0 atom stereocenters. The fourth-order valence-corrected chi connectivity index (χ4v) is 6.96. The lowest BCUT2D eigenvalue weighted by atomic mass is 9.91. The smallest absolute Gasteiger partial charge is 0.136 e. The molecule has 0 saturated carbocycles. The molecule has 10 rings (SSSR count). The molecule has 0 radical (unpaired) electrons. The van der Waals surface area contributed by atoms with E-state index in [9.17, 15) is 4.11 Å². The van der Waals surface area contributed by atoms with Crippen molar-refractivity contribution in [2.24, 2.45) is 0 Å². The van der Waals surface area contributed by atoms with Gasteiger partial charge in [0.05, 0.1) is 15.1 Å². The second-order valence-electron chi connectivity index (χ2n) is 12.0. The van der Waals surface area contributed by atoms with Crippen LogP contribution in [-0.2, 0) is 0 Å². The minimum Gasteiger partial charge on any atom is -0.456 e. The van der Waals surface area contributed by atoms with Crippen LogP contribution in [0.15, 0.2) is 186 Å². The van der Waals surface area contributed by atoms with Crippen molar-refractivity contribution in [1.29, 1.82) is 0 Å². The first kappa shape index (κ1) is 18.8. The molecule has 0 aliphatic heterocycles. The van der Waals surface area contributed by atoms with E-state index in [1.165, 1.54) is 0 Å². The molecule has 10 aromatic rings. The van der Waals surface area contributed by atoms with Crippen LogP contribution in [0.1, 0.15) is 15.1 Å². The van der Waals surface area contributed by atoms with E-state index in [1.807, 2.05) is 66.7 Å². The summed E-state index contributed by atoms with van der Waals surface area (Å²) in [6, 6.07) is 32.2. The van der Waals surface area contributed by atoms with Gasteiger partial charge < -0.3 is 4.42 Å². The summed E-state index contributed by atoms with van der Waals surface area (Å²) in [7, 11) is 0. The molecule has 1 heterocycles. The third-order valence-corrected chi connectivity index (χ3v) is 9.23. The number of fused-ring (bicyclic) bond motifs is 9. The van der Waals surface area contributed by atoms with Gasteiger partial charge in [0.15, 0.2) is 0 Å². The zero-order valence-electron chi connectivity index (χ0n) is 36.9. The zero-order chi connectivity index (χ0) is 41.9. The molecule has 9 aromatic carbocycles. The van der Waals surface area contributed by atoms with E-state index < -0.39 is 54.4 Å². The van der Waals surface area contributed by atoms with E-state index in [-0.39, 0.29) is 50.0 Å². The Morgan fingerprint density at radius 3 is 1.47 bits per heavy atom. The molecular formula is C48H30O. The monoisotopic (exact) mass is 633 g/mol. The lowest BCUT2D eigenvalue weighted by molar-refractivity contribution is 0.669. The van der Waals surface area contributed by atoms with Gasteiger partial charge in [0.2, 0.25) is 0 Å². The van der Waals surface area contributed by atoms with Gasteiger partial charge in [-0.15, -0.1) is 0 Å². The number of hydrogen-bond acceptors (Lipinski definition) is 1. The Morgan fingerprint density at radius 1 is 0.347 bits per heavy atom. The number of benzene rings is 9. The average Bonchev–Trinajstić information content (AvgIpc) is 3.67. The van der Waals surface area contributed by atoms with Crippen LogP contribution in [0.5, 0.6) is 0 Å². The Bertz CT molecular complexity index is 3440. The molecule has 0 N–H and O–H groups in total. The molecule has 0 unspecified atom stereocenters. The molecule has 0 amide bonds. The maximum atomic E-state index is 9.55. The lowest BCUT2D eigenvalue weighted by Gasteiger charge is -2.12. The van der Waals surface area contributed by atoms with Gasteiger partial charge in [-0.25, -0.2) is 0 Å².